The fourth-order valence-electron chi connectivity index (χ4n) is 5.35. The number of hydrogen-bond donors (Lipinski definition) is 2. The molecule has 3 heterocycles. The molecule has 1 unspecified atom stereocenters. The number of benzene rings is 2. The maximum Gasteiger partial charge on any atom is 0.335 e. The van der Waals surface area contributed by atoms with Crippen molar-refractivity contribution in [2.75, 3.05) is 13.1 Å². The van der Waals surface area contributed by atoms with Crippen molar-refractivity contribution in [2.24, 2.45) is 0 Å². The minimum Gasteiger partial charge on any atom is -0.478 e. The van der Waals surface area contributed by atoms with Gasteiger partial charge in [0.1, 0.15) is 0 Å². The Kier molecular flexibility index (Phi) is 7.01. The molecule has 2 aliphatic rings. The monoisotopic (exact) mass is 499 g/mol. The predicted molar refractivity (Wildman–Crippen MR) is 136 cm³/mol. The van der Waals surface area contributed by atoms with Crippen LogP contribution in [0, 0.1) is 0 Å². The highest BCUT2D eigenvalue weighted by atomic mass is 16.5. The number of likely N-dealkylation sites (tertiary alicyclic amines) is 1. The Morgan fingerprint density at radius 1 is 1.03 bits per heavy atom. The second-order valence-electron chi connectivity index (χ2n) is 9.62. The number of amides is 2. The van der Waals surface area contributed by atoms with Crippen LogP contribution in [0.25, 0.3) is 0 Å². The highest BCUT2D eigenvalue weighted by molar-refractivity contribution is 5.94. The third-order valence-corrected chi connectivity index (χ3v) is 7.19. The van der Waals surface area contributed by atoms with Crippen molar-refractivity contribution < 1.29 is 24.2 Å². The molecule has 1 spiro atoms. The molecule has 0 radical (unpaired) electrons. The van der Waals surface area contributed by atoms with E-state index in [1.54, 1.807) is 42.7 Å². The number of aromatic carboxylic acids is 1. The number of carboxylic acids is 1. The van der Waals surface area contributed by atoms with E-state index in [4.69, 9.17) is 4.74 Å². The average Bonchev–Trinajstić information content (AvgIpc) is 2.93. The number of nitrogens with one attached hydrogen (secondary N) is 1. The first-order valence-electron chi connectivity index (χ1n) is 12.5. The Morgan fingerprint density at radius 2 is 1.81 bits per heavy atom. The lowest BCUT2D eigenvalue weighted by Gasteiger charge is -2.47. The molecule has 0 bridgehead atoms. The van der Waals surface area contributed by atoms with Gasteiger partial charge in [0.15, 0.2) is 0 Å². The molecular formula is C29H29N3O5. The van der Waals surface area contributed by atoms with E-state index in [1.807, 2.05) is 17.0 Å². The van der Waals surface area contributed by atoms with Crippen LogP contribution >= 0.6 is 0 Å². The lowest BCUT2D eigenvalue weighted by molar-refractivity contribution is -0.147. The highest BCUT2D eigenvalue weighted by Gasteiger charge is 2.44. The van der Waals surface area contributed by atoms with E-state index in [1.165, 1.54) is 11.6 Å². The van der Waals surface area contributed by atoms with Gasteiger partial charge in [-0.15, -0.1) is 0 Å². The molecule has 190 valence electrons. The predicted octanol–water partition coefficient (Wildman–Crippen LogP) is 3.56. The molecule has 2 aromatic carbocycles. The summed E-state index contributed by atoms with van der Waals surface area (Å²) in [5.41, 5.74) is 3.27. The van der Waals surface area contributed by atoms with E-state index in [2.05, 4.69) is 22.4 Å². The molecule has 2 aliphatic heterocycles. The normalized spacial score (nSPS) is 18.2. The summed E-state index contributed by atoms with van der Waals surface area (Å²) in [6.45, 7) is 1.36. The van der Waals surface area contributed by atoms with Gasteiger partial charge in [0.05, 0.1) is 29.3 Å². The minimum atomic E-state index is -0.999. The van der Waals surface area contributed by atoms with Crippen LogP contribution < -0.4 is 5.32 Å². The second-order valence-corrected chi connectivity index (χ2v) is 9.62. The lowest BCUT2D eigenvalue weighted by Crippen LogP contribution is -2.50. The van der Waals surface area contributed by atoms with Crippen molar-refractivity contribution in [2.45, 2.75) is 43.9 Å². The average molecular weight is 500 g/mol. The Bertz CT molecular complexity index is 1300. The van der Waals surface area contributed by atoms with E-state index in [0.29, 0.717) is 37.9 Å². The van der Waals surface area contributed by atoms with Crippen molar-refractivity contribution in [3.8, 4) is 0 Å². The van der Waals surface area contributed by atoms with Crippen LogP contribution in [-0.4, -0.2) is 52.0 Å². The van der Waals surface area contributed by atoms with Crippen molar-refractivity contribution in [1.29, 1.82) is 0 Å². The number of piperidine rings is 1. The molecule has 8 nitrogen and oxygen atoms in total. The first-order valence-corrected chi connectivity index (χ1v) is 12.5. The first-order chi connectivity index (χ1) is 17.9. The van der Waals surface area contributed by atoms with E-state index in [-0.39, 0.29) is 36.4 Å². The number of carbonyl (C=O) groups excluding carboxylic acids is 2. The molecule has 5 rings (SSSR count). The summed E-state index contributed by atoms with van der Waals surface area (Å²) in [6, 6.07) is 18.3. The molecule has 37 heavy (non-hydrogen) atoms. The van der Waals surface area contributed by atoms with Gasteiger partial charge in [0.25, 0.3) is 5.91 Å². The maximum absolute atomic E-state index is 12.9. The molecular weight excluding hydrogens is 470 g/mol. The van der Waals surface area contributed by atoms with Crippen LogP contribution in [0.4, 0.5) is 0 Å². The number of fused-ring (bicyclic) bond motifs is 2. The van der Waals surface area contributed by atoms with Gasteiger partial charge in [-0.2, -0.15) is 0 Å². The van der Waals surface area contributed by atoms with E-state index >= 15 is 0 Å². The minimum absolute atomic E-state index is 0.0325. The Hall–Kier alpha value is -4.04. The number of hydrogen-bond acceptors (Lipinski definition) is 5. The van der Waals surface area contributed by atoms with Crippen LogP contribution in [0.5, 0.6) is 0 Å². The van der Waals surface area contributed by atoms with Crippen LogP contribution in [0.15, 0.2) is 73.1 Å². The lowest BCUT2D eigenvalue weighted by atomic mass is 9.77. The summed E-state index contributed by atoms with van der Waals surface area (Å²) in [5, 5.41) is 12.1. The van der Waals surface area contributed by atoms with Gasteiger partial charge in [-0.3, -0.25) is 14.6 Å². The fourth-order valence-corrected chi connectivity index (χ4v) is 5.35. The number of aromatic nitrogens is 1. The number of ether oxygens (including phenoxy) is 1. The quantitative estimate of drug-likeness (QED) is 0.537. The molecule has 0 saturated carbocycles. The van der Waals surface area contributed by atoms with Crippen LogP contribution in [0.1, 0.15) is 56.7 Å². The van der Waals surface area contributed by atoms with Crippen molar-refractivity contribution >= 4 is 17.8 Å². The third-order valence-electron chi connectivity index (χ3n) is 7.19. The molecule has 2 amide bonds. The molecule has 8 heteroatoms. The largest absolute Gasteiger partial charge is 0.478 e. The van der Waals surface area contributed by atoms with Crippen LogP contribution in [0.3, 0.4) is 0 Å². The maximum atomic E-state index is 12.9. The van der Waals surface area contributed by atoms with E-state index in [0.717, 1.165) is 11.1 Å². The molecule has 1 atom stereocenters. The topological polar surface area (TPSA) is 109 Å². The van der Waals surface area contributed by atoms with Crippen molar-refractivity contribution in [3.05, 3.63) is 101 Å². The van der Waals surface area contributed by atoms with E-state index < -0.39 is 11.6 Å². The number of carboxylic acid groups (broad SMARTS) is 1. The molecule has 0 aliphatic carbocycles. The van der Waals surface area contributed by atoms with Gasteiger partial charge in [-0.1, -0.05) is 36.4 Å². The third kappa shape index (κ3) is 5.39. The van der Waals surface area contributed by atoms with Gasteiger partial charge < -0.3 is 20.1 Å². The molecule has 1 saturated heterocycles. The summed E-state index contributed by atoms with van der Waals surface area (Å²) in [7, 11) is 0. The van der Waals surface area contributed by atoms with Crippen LogP contribution in [0.2, 0.25) is 0 Å². The molecule has 2 N–H and O–H groups in total. The highest BCUT2D eigenvalue weighted by Crippen LogP contribution is 2.44. The zero-order chi connectivity index (χ0) is 25.8. The van der Waals surface area contributed by atoms with Crippen molar-refractivity contribution in [1.82, 2.24) is 15.2 Å². The number of carbonyl (C=O) groups is 3. The number of rotatable bonds is 6. The molecule has 1 aromatic heterocycles. The summed E-state index contributed by atoms with van der Waals surface area (Å²) in [6.07, 6.45) is 5.09. The SMILES string of the molecule is O=C(CC1Cc2ccccc2C2(CCN(C(=O)c3cccnc3)CC2)O1)NCc1cccc(C(=O)O)c1. The van der Waals surface area contributed by atoms with Crippen LogP contribution in [-0.2, 0) is 28.1 Å². The van der Waals surface area contributed by atoms with Gasteiger partial charge in [0, 0.05) is 32.0 Å². The van der Waals surface area contributed by atoms with Gasteiger partial charge in [-0.25, -0.2) is 4.79 Å². The second kappa shape index (κ2) is 10.5. The Balaban J connectivity index is 1.25. The molecule has 1 fully saturated rings. The van der Waals surface area contributed by atoms with Gasteiger partial charge in [-0.05, 0) is 60.2 Å². The molecule has 3 aromatic rings. The summed E-state index contributed by atoms with van der Waals surface area (Å²) in [5.74, 6) is -1.18. The summed E-state index contributed by atoms with van der Waals surface area (Å²) < 4.78 is 6.66. The Morgan fingerprint density at radius 3 is 2.57 bits per heavy atom. The number of nitrogens with zero attached hydrogens (tertiary/aromatic N) is 2. The summed E-state index contributed by atoms with van der Waals surface area (Å²) in [4.78, 5) is 42.9. The zero-order valence-electron chi connectivity index (χ0n) is 20.4. The number of pyridine rings is 1. The van der Waals surface area contributed by atoms with Crippen molar-refractivity contribution in [3.63, 3.8) is 0 Å². The smallest absolute Gasteiger partial charge is 0.335 e. The fraction of sp³-hybridized carbons (Fsp3) is 0.310. The van der Waals surface area contributed by atoms with Gasteiger partial charge >= 0.3 is 5.97 Å². The first kappa shape index (κ1) is 24.6. The Labute approximate surface area is 215 Å². The van der Waals surface area contributed by atoms with E-state index in [9.17, 15) is 19.5 Å². The zero-order valence-corrected chi connectivity index (χ0v) is 20.4. The summed E-state index contributed by atoms with van der Waals surface area (Å²) >= 11 is 0. The van der Waals surface area contributed by atoms with Gasteiger partial charge in [0.2, 0.25) is 5.91 Å². The standard InChI is InChI=1S/C29H29N3O5/c33-26(31-18-20-5-3-7-22(15-20)28(35)36)17-24-16-21-6-1-2-9-25(21)29(37-24)10-13-32(14-11-29)27(34)23-8-4-12-30-19-23/h1-9,12,15,19,24H,10-11,13-14,16-18H2,(H,31,33)(H,35,36).